The maximum atomic E-state index is 4.37. The molecular formula is C15H23N3. The lowest BCUT2D eigenvalue weighted by Gasteiger charge is -2.44. The number of hydrogen-bond acceptors (Lipinski definition) is 3. The van der Waals surface area contributed by atoms with Crippen molar-refractivity contribution >= 4 is 5.82 Å². The molecule has 18 heavy (non-hydrogen) atoms. The summed E-state index contributed by atoms with van der Waals surface area (Å²) >= 11 is 0. The van der Waals surface area contributed by atoms with E-state index in [1.165, 1.54) is 50.8 Å². The number of nitrogens with zero attached hydrogens (tertiary/aromatic N) is 2. The first kappa shape index (κ1) is 12.0. The van der Waals surface area contributed by atoms with Crippen molar-refractivity contribution in [2.75, 3.05) is 18.4 Å². The fourth-order valence-electron chi connectivity index (χ4n) is 3.11. The van der Waals surface area contributed by atoms with Gasteiger partial charge in [0.1, 0.15) is 5.82 Å². The smallest absolute Gasteiger partial charge is 0.126 e. The van der Waals surface area contributed by atoms with Crippen LogP contribution in [0.2, 0.25) is 0 Å². The molecule has 1 aromatic rings. The lowest BCUT2D eigenvalue weighted by Crippen LogP contribution is -2.51. The highest BCUT2D eigenvalue weighted by Gasteiger charge is 2.33. The second kappa shape index (κ2) is 5.27. The summed E-state index contributed by atoms with van der Waals surface area (Å²) in [6.07, 6.45) is 8.68. The predicted octanol–water partition coefficient (Wildman–Crippen LogP) is 2.82. The van der Waals surface area contributed by atoms with Gasteiger partial charge in [-0.1, -0.05) is 6.42 Å². The number of likely N-dealkylation sites (tertiary alicyclic amines) is 1. The van der Waals surface area contributed by atoms with Crippen LogP contribution >= 0.6 is 0 Å². The quantitative estimate of drug-likeness (QED) is 0.887. The molecule has 2 aliphatic rings. The van der Waals surface area contributed by atoms with E-state index in [1.54, 1.807) is 0 Å². The van der Waals surface area contributed by atoms with Gasteiger partial charge in [0.2, 0.25) is 0 Å². The van der Waals surface area contributed by atoms with Crippen molar-refractivity contribution < 1.29 is 0 Å². The number of rotatable bonds is 3. The van der Waals surface area contributed by atoms with Crippen molar-refractivity contribution in [1.29, 1.82) is 0 Å². The molecule has 1 aliphatic carbocycles. The van der Waals surface area contributed by atoms with Crippen LogP contribution in [0.25, 0.3) is 0 Å². The number of nitrogens with one attached hydrogen (secondary N) is 1. The van der Waals surface area contributed by atoms with E-state index in [0.717, 1.165) is 11.9 Å². The lowest BCUT2D eigenvalue weighted by atomic mass is 9.84. The Balaban J connectivity index is 1.47. The number of piperidine rings is 1. The standard InChI is InChI=1S/C15H23N3/c1-12-5-6-16-15(9-12)17-13-10-14(11-13)18-7-3-2-4-8-18/h5-6,9,13-14H,2-4,7-8,10-11H2,1H3,(H,16,17). The molecule has 0 amide bonds. The van der Waals surface area contributed by atoms with E-state index in [9.17, 15) is 0 Å². The first-order valence-electron chi connectivity index (χ1n) is 7.24. The van der Waals surface area contributed by atoms with Crippen LogP contribution in [0.1, 0.15) is 37.7 Å². The van der Waals surface area contributed by atoms with Gasteiger partial charge >= 0.3 is 0 Å². The Morgan fingerprint density at radius 2 is 2.00 bits per heavy atom. The Morgan fingerprint density at radius 1 is 1.22 bits per heavy atom. The highest BCUT2D eigenvalue weighted by molar-refractivity contribution is 5.38. The summed E-state index contributed by atoms with van der Waals surface area (Å²) in [5.41, 5.74) is 1.28. The molecule has 0 radical (unpaired) electrons. The van der Waals surface area contributed by atoms with Crippen molar-refractivity contribution in [2.45, 2.75) is 51.1 Å². The Labute approximate surface area is 110 Å². The van der Waals surface area contributed by atoms with Gasteiger partial charge in [0, 0.05) is 18.3 Å². The van der Waals surface area contributed by atoms with E-state index < -0.39 is 0 Å². The van der Waals surface area contributed by atoms with Crippen LogP contribution in [0.4, 0.5) is 5.82 Å². The monoisotopic (exact) mass is 245 g/mol. The topological polar surface area (TPSA) is 28.2 Å². The van der Waals surface area contributed by atoms with E-state index >= 15 is 0 Å². The molecule has 1 aromatic heterocycles. The van der Waals surface area contributed by atoms with Gasteiger partial charge in [0.25, 0.3) is 0 Å². The Morgan fingerprint density at radius 3 is 2.72 bits per heavy atom. The maximum absolute atomic E-state index is 4.37. The third-order valence-corrected chi connectivity index (χ3v) is 4.29. The second-order valence-corrected chi connectivity index (χ2v) is 5.78. The highest BCUT2D eigenvalue weighted by atomic mass is 15.2. The van der Waals surface area contributed by atoms with Gasteiger partial charge in [0.15, 0.2) is 0 Å². The van der Waals surface area contributed by atoms with Crippen molar-refractivity contribution in [3.05, 3.63) is 23.9 Å². The maximum Gasteiger partial charge on any atom is 0.126 e. The van der Waals surface area contributed by atoms with E-state index in [0.29, 0.717) is 6.04 Å². The molecule has 0 unspecified atom stereocenters. The molecular weight excluding hydrogens is 222 g/mol. The Bertz CT molecular complexity index is 392. The van der Waals surface area contributed by atoms with Gasteiger partial charge in [-0.05, 0) is 63.4 Å². The van der Waals surface area contributed by atoms with Crippen molar-refractivity contribution in [1.82, 2.24) is 9.88 Å². The van der Waals surface area contributed by atoms with Gasteiger partial charge in [-0.25, -0.2) is 4.98 Å². The molecule has 2 heterocycles. The van der Waals surface area contributed by atoms with E-state index in [-0.39, 0.29) is 0 Å². The molecule has 0 aromatic carbocycles. The van der Waals surface area contributed by atoms with Crippen LogP contribution in [0.15, 0.2) is 18.3 Å². The van der Waals surface area contributed by atoms with Crippen LogP contribution < -0.4 is 5.32 Å². The minimum atomic E-state index is 0.631. The zero-order valence-corrected chi connectivity index (χ0v) is 11.2. The number of pyridine rings is 1. The third-order valence-electron chi connectivity index (χ3n) is 4.29. The van der Waals surface area contributed by atoms with Gasteiger partial charge < -0.3 is 10.2 Å². The van der Waals surface area contributed by atoms with Crippen LogP contribution in [-0.2, 0) is 0 Å². The molecule has 3 rings (SSSR count). The summed E-state index contributed by atoms with van der Waals surface area (Å²) in [7, 11) is 0. The summed E-state index contributed by atoms with van der Waals surface area (Å²) in [5.74, 6) is 1.04. The molecule has 0 atom stereocenters. The molecule has 98 valence electrons. The van der Waals surface area contributed by atoms with Crippen molar-refractivity contribution in [2.24, 2.45) is 0 Å². The fraction of sp³-hybridized carbons (Fsp3) is 0.667. The summed E-state index contributed by atoms with van der Waals surface area (Å²) in [6.45, 7) is 4.75. The van der Waals surface area contributed by atoms with Crippen LogP contribution in [0.5, 0.6) is 0 Å². The van der Waals surface area contributed by atoms with E-state index in [2.05, 4.69) is 28.2 Å². The van der Waals surface area contributed by atoms with Crippen molar-refractivity contribution in [3.63, 3.8) is 0 Å². The molecule has 3 heteroatoms. The molecule has 0 spiro atoms. The third kappa shape index (κ3) is 2.66. The molecule has 1 saturated carbocycles. The molecule has 1 saturated heterocycles. The average Bonchev–Trinajstić information content (AvgIpc) is 2.34. The largest absolute Gasteiger partial charge is 0.367 e. The average molecular weight is 245 g/mol. The van der Waals surface area contributed by atoms with Gasteiger partial charge in [-0.15, -0.1) is 0 Å². The Hall–Kier alpha value is -1.09. The Kier molecular flexibility index (Phi) is 3.50. The molecule has 1 aliphatic heterocycles. The van der Waals surface area contributed by atoms with Gasteiger partial charge in [-0.2, -0.15) is 0 Å². The fourth-order valence-corrected chi connectivity index (χ4v) is 3.11. The van der Waals surface area contributed by atoms with Crippen molar-refractivity contribution in [3.8, 4) is 0 Å². The SMILES string of the molecule is Cc1ccnc(NC2CC(N3CCCCC3)C2)c1. The number of anilines is 1. The molecule has 0 bridgehead atoms. The highest BCUT2D eigenvalue weighted by Crippen LogP contribution is 2.30. The summed E-state index contributed by atoms with van der Waals surface area (Å²) in [6, 6.07) is 5.63. The summed E-state index contributed by atoms with van der Waals surface area (Å²) in [5, 5.41) is 3.55. The number of hydrogen-bond donors (Lipinski definition) is 1. The molecule has 3 nitrogen and oxygen atoms in total. The lowest BCUT2D eigenvalue weighted by molar-refractivity contribution is 0.0959. The number of aromatic nitrogens is 1. The van der Waals surface area contributed by atoms with E-state index in [4.69, 9.17) is 0 Å². The first-order valence-corrected chi connectivity index (χ1v) is 7.24. The van der Waals surface area contributed by atoms with Crippen LogP contribution in [0.3, 0.4) is 0 Å². The number of aryl methyl sites for hydroxylation is 1. The summed E-state index contributed by atoms with van der Waals surface area (Å²) < 4.78 is 0. The first-order chi connectivity index (χ1) is 8.81. The summed E-state index contributed by atoms with van der Waals surface area (Å²) in [4.78, 5) is 7.06. The van der Waals surface area contributed by atoms with Crippen LogP contribution in [-0.4, -0.2) is 35.1 Å². The minimum absolute atomic E-state index is 0.631. The normalized spacial score (nSPS) is 28.7. The van der Waals surface area contributed by atoms with E-state index in [1.807, 2.05) is 12.3 Å². The van der Waals surface area contributed by atoms with Gasteiger partial charge in [0.05, 0.1) is 0 Å². The second-order valence-electron chi connectivity index (χ2n) is 5.78. The zero-order chi connectivity index (χ0) is 12.4. The molecule has 1 N–H and O–H groups in total. The van der Waals surface area contributed by atoms with Crippen LogP contribution in [0, 0.1) is 6.92 Å². The van der Waals surface area contributed by atoms with Gasteiger partial charge in [-0.3, -0.25) is 0 Å². The minimum Gasteiger partial charge on any atom is -0.367 e. The zero-order valence-electron chi connectivity index (χ0n) is 11.2. The predicted molar refractivity (Wildman–Crippen MR) is 74.8 cm³/mol. The molecule has 2 fully saturated rings.